The van der Waals surface area contributed by atoms with Gasteiger partial charge in [-0.3, -0.25) is 14.4 Å². The van der Waals surface area contributed by atoms with Gasteiger partial charge in [-0.25, -0.2) is 4.90 Å². The Morgan fingerprint density at radius 3 is 2.42 bits per heavy atom. The Morgan fingerprint density at radius 1 is 1.03 bits per heavy atom. The molecule has 2 aliphatic heterocycles. The molecule has 9 heteroatoms. The zero-order valence-electron chi connectivity index (χ0n) is 17.9. The third-order valence-corrected chi connectivity index (χ3v) is 6.83. The third kappa shape index (κ3) is 4.60. The van der Waals surface area contributed by atoms with E-state index in [-0.39, 0.29) is 33.4 Å². The molecule has 3 amide bonds. The van der Waals surface area contributed by atoms with Crippen molar-refractivity contribution < 1.29 is 14.4 Å². The van der Waals surface area contributed by atoms with E-state index in [4.69, 9.17) is 34.8 Å². The summed E-state index contributed by atoms with van der Waals surface area (Å²) in [7, 11) is 0. The maximum atomic E-state index is 13.0. The fraction of sp³-hybridized carbons (Fsp3) is 0.292. The minimum Gasteiger partial charge on any atom is -0.350 e. The SMILES string of the molecule is CCC1CCCCN1C(=O)c1ccc(NC2=C(Cl)C(=O)N(c3ccc(Cl)cc3Cl)C2=O)cc1. The predicted octanol–water partition coefficient (Wildman–Crippen LogP) is 5.83. The van der Waals surface area contributed by atoms with Gasteiger partial charge >= 0.3 is 0 Å². The first kappa shape index (κ1) is 23.6. The quantitative estimate of drug-likeness (QED) is 0.518. The van der Waals surface area contributed by atoms with Gasteiger partial charge in [0.25, 0.3) is 17.7 Å². The molecule has 4 rings (SSSR count). The monoisotopic (exact) mass is 505 g/mol. The number of piperidine rings is 1. The van der Waals surface area contributed by atoms with Crippen LogP contribution in [0.3, 0.4) is 0 Å². The normalized spacial score (nSPS) is 18.8. The number of amides is 3. The summed E-state index contributed by atoms with van der Waals surface area (Å²) in [5.41, 5.74) is 1.23. The standard InChI is InChI=1S/C24H22Cl3N3O3/c1-2-17-5-3-4-12-29(17)22(31)14-6-9-16(10-7-14)28-21-20(27)23(32)30(24(21)33)19-11-8-15(25)13-18(19)26/h6-11,13,17,28H,2-5,12H2,1H3. The molecule has 1 fully saturated rings. The lowest BCUT2D eigenvalue weighted by Crippen LogP contribution is -2.43. The topological polar surface area (TPSA) is 69.7 Å². The number of benzene rings is 2. The summed E-state index contributed by atoms with van der Waals surface area (Å²) in [6.07, 6.45) is 4.12. The lowest BCUT2D eigenvalue weighted by Gasteiger charge is -2.35. The molecule has 2 heterocycles. The molecule has 0 bridgehead atoms. The number of hydrogen-bond acceptors (Lipinski definition) is 4. The van der Waals surface area contributed by atoms with Crippen molar-refractivity contribution in [1.29, 1.82) is 0 Å². The van der Waals surface area contributed by atoms with Crippen molar-refractivity contribution in [2.45, 2.75) is 38.6 Å². The minimum absolute atomic E-state index is 0.000948. The van der Waals surface area contributed by atoms with Crippen LogP contribution >= 0.6 is 34.8 Å². The molecule has 0 spiro atoms. The molecule has 2 aliphatic rings. The van der Waals surface area contributed by atoms with Crippen LogP contribution in [0.15, 0.2) is 53.2 Å². The molecule has 6 nitrogen and oxygen atoms in total. The Kier molecular flexibility index (Phi) is 6.98. The van der Waals surface area contributed by atoms with Crippen molar-refractivity contribution in [2.24, 2.45) is 0 Å². The van der Waals surface area contributed by atoms with E-state index in [0.29, 0.717) is 16.3 Å². The van der Waals surface area contributed by atoms with Crippen molar-refractivity contribution in [3.8, 4) is 0 Å². The van der Waals surface area contributed by atoms with Crippen LogP contribution in [-0.4, -0.2) is 35.2 Å². The van der Waals surface area contributed by atoms with Crippen LogP contribution in [0.2, 0.25) is 10.0 Å². The highest BCUT2D eigenvalue weighted by molar-refractivity contribution is 6.53. The Morgan fingerprint density at radius 2 is 1.76 bits per heavy atom. The largest absolute Gasteiger partial charge is 0.350 e. The van der Waals surface area contributed by atoms with Gasteiger partial charge < -0.3 is 10.2 Å². The fourth-order valence-electron chi connectivity index (χ4n) is 4.19. The van der Waals surface area contributed by atoms with Gasteiger partial charge in [-0.05, 0) is 68.1 Å². The first-order chi connectivity index (χ1) is 15.8. The summed E-state index contributed by atoms with van der Waals surface area (Å²) in [6.45, 7) is 2.86. The highest BCUT2D eigenvalue weighted by atomic mass is 35.5. The zero-order chi connectivity index (χ0) is 23.7. The molecule has 1 saturated heterocycles. The first-order valence-corrected chi connectivity index (χ1v) is 11.9. The Balaban J connectivity index is 1.51. The number of hydrogen-bond donors (Lipinski definition) is 1. The van der Waals surface area contributed by atoms with Crippen LogP contribution < -0.4 is 10.2 Å². The number of carbonyl (C=O) groups is 3. The van der Waals surface area contributed by atoms with Crippen LogP contribution in [0.1, 0.15) is 43.0 Å². The molecule has 0 aliphatic carbocycles. The van der Waals surface area contributed by atoms with Crippen molar-refractivity contribution in [2.75, 3.05) is 16.8 Å². The van der Waals surface area contributed by atoms with Crippen LogP contribution in [0.4, 0.5) is 11.4 Å². The highest BCUT2D eigenvalue weighted by Gasteiger charge is 2.40. The summed E-state index contributed by atoms with van der Waals surface area (Å²) in [5.74, 6) is -1.31. The Hall–Kier alpha value is -2.54. The Bertz CT molecular complexity index is 1150. The van der Waals surface area contributed by atoms with Gasteiger partial charge in [0, 0.05) is 28.9 Å². The number of nitrogens with zero attached hydrogens (tertiary/aromatic N) is 2. The van der Waals surface area contributed by atoms with Crippen molar-refractivity contribution in [3.05, 3.63) is 68.8 Å². The van der Waals surface area contributed by atoms with Gasteiger partial charge in [0.2, 0.25) is 0 Å². The summed E-state index contributed by atoms with van der Waals surface area (Å²) in [6, 6.07) is 11.5. The molecule has 33 heavy (non-hydrogen) atoms. The molecule has 0 radical (unpaired) electrons. The maximum Gasteiger partial charge on any atom is 0.283 e. The second kappa shape index (κ2) is 9.75. The second-order valence-corrected chi connectivity index (χ2v) is 9.21. The molecule has 1 unspecified atom stereocenters. The average molecular weight is 507 g/mol. The highest BCUT2D eigenvalue weighted by Crippen LogP contribution is 2.35. The van der Waals surface area contributed by atoms with Gasteiger partial charge in [-0.2, -0.15) is 0 Å². The van der Waals surface area contributed by atoms with Crippen molar-refractivity contribution >= 4 is 63.9 Å². The number of likely N-dealkylation sites (tertiary alicyclic amines) is 1. The van der Waals surface area contributed by atoms with Crippen LogP contribution in [0.5, 0.6) is 0 Å². The van der Waals surface area contributed by atoms with E-state index in [1.54, 1.807) is 24.3 Å². The van der Waals surface area contributed by atoms with Crippen molar-refractivity contribution in [1.82, 2.24) is 4.90 Å². The van der Waals surface area contributed by atoms with Gasteiger partial charge in [0.05, 0.1) is 10.7 Å². The number of anilines is 2. The summed E-state index contributed by atoms with van der Waals surface area (Å²) >= 11 is 18.3. The lowest BCUT2D eigenvalue weighted by atomic mass is 9.99. The van der Waals surface area contributed by atoms with E-state index in [0.717, 1.165) is 37.1 Å². The van der Waals surface area contributed by atoms with Crippen LogP contribution in [-0.2, 0) is 9.59 Å². The Labute approximate surface area is 207 Å². The molecule has 2 aromatic rings. The second-order valence-electron chi connectivity index (χ2n) is 7.99. The van der Waals surface area contributed by atoms with E-state index in [1.165, 1.54) is 18.2 Å². The number of carbonyl (C=O) groups excluding carboxylic acids is 3. The van der Waals surface area contributed by atoms with E-state index >= 15 is 0 Å². The summed E-state index contributed by atoms with van der Waals surface area (Å²) < 4.78 is 0. The van der Waals surface area contributed by atoms with E-state index < -0.39 is 11.8 Å². The summed E-state index contributed by atoms with van der Waals surface area (Å²) in [4.78, 5) is 41.5. The van der Waals surface area contributed by atoms with Crippen molar-refractivity contribution in [3.63, 3.8) is 0 Å². The average Bonchev–Trinajstić information content (AvgIpc) is 3.02. The number of halogens is 3. The third-order valence-electron chi connectivity index (χ3n) is 5.94. The fourth-order valence-corrected chi connectivity index (χ4v) is 4.90. The number of rotatable bonds is 5. The van der Waals surface area contributed by atoms with E-state index in [9.17, 15) is 14.4 Å². The molecule has 2 aromatic carbocycles. The van der Waals surface area contributed by atoms with Crippen LogP contribution in [0, 0.1) is 0 Å². The molecular weight excluding hydrogens is 485 g/mol. The number of imide groups is 1. The predicted molar refractivity (Wildman–Crippen MR) is 131 cm³/mol. The number of nitrogens with one attached hydrogen (secondary N) is 1. The first-order valence-electron chi connectivity index (χ1n) is 10.7. The minimum atomic E-state index is -0.684. The molecule has 172 valence electrons. The molecule has 0 saturated carbocycles. The molecule has 1 N–H and O–H groups in total. The zero-order valence-corrected chi connectivity index (χ0v) is 20.2. The maximum absolute atomic E-state index is 13.0. The smallest absolute Gasteiger partial charge is 0.283 e. The lowest BCUT2D eigenvalue weighted by molar-refractivity contribution is -0.120. The molecular formula is C24H22Cl3N3O3. The van der Waals surface area contributed by atoms with E-state index in [1.807, 2.05) is 4.90 Å². The van der Waals surface area contributed by atoms with Gasteiger partial charge in [-0.1, -0.05) is 41.7 Å². The molecule has 0 aromatic heterocycles. The summed E-state index contributed by atoms with van der Waals surface area (Å²) in [5, 5.41) is 3.20. The van der Waals surface area contributed by atoms with Crippen LogP contribution in [0.25, 0.3) is 0 Å². The molecule has 1 atom stereocenters. The van der Waals surface area contributed by atoms with E-state index in [2.05, 4.69) is 12.2 Å². The van der Waals surface area contributed by atoms with Gasteiger partial charge in [0.15, 0.2) is 0 Å². The van der Waals surface area contributed by atoms with Gasteiger partial charge in [-0.15, -0.1) is 0 Å². The van der Waals surface area contributed by atoms with Gasteiger partial charge in [0.1, 0.15) is 10.7 Å².